The van der Waals surface area contributed by atoms with E-state index in [9.17, 15) is 4.79 Å². The number of hydrogen-bond acceptors (Lipinski definition) is 3. The number of carbonyl (C=O) groups excluding carboxylic acids is 1. The molecule has 1 heterocycles. The van der Waals surface area contributed by atoms with Gasteiger partial charge in [0, 0.05) is 11.5 Å². The molecule has 0 bridgehead atoms. The Labute approximate surface area is 63.2 Å². The highest BCUT2D eigenvalue weighted by Gasteiger charge is 2.29. The fourth-order valence-corrected chi connectivity index (χ4v) is 0.872. The van der Waals surface area contributed by atoms with Gasteiger partial charge in [0.05, 0.1) is 6.04 Å². The highest BCUT2D eigenvalue weighted by atomic mass is 16.6. The minimum Gasteiger partial charge on any atom is -0.444 e. The third-order valence-electron chi connectivity index (χ3n) is 1.50. The van der Waals surface area contributed by atoms with E-state index in [4.69, 9.17) is 10.3 Å². The minimum absolute atomic E-state index is 0.182. The van der Waals surface area contributed by atoms with E-state index in [2.05, 4.69) is 15.3 Å². The SMILES string of the molecule is C[C@H]1OC(=O)N[C@@H]1CN=[N+]=[N-]. The van der Waals surface area contributed by atoms with Crippen molar-refractivity contribution in [2.75, 3.05) is 6.54 Å². The molecule has 1 saturated heterocycles. The topological polar surface area (TPSA) is 87.1 Å². The van der Waals surface area contributed by atoms with Gasteiger partial charge in [-0.2, -0.15) is 0 Å². The number of rotatable bonds is 2. The van der Waals surface area contributed by atoms with Crippen molar-refractivity contribution in [1.82, 2.24) is 5.32 Å². The quantitative estimate of drug-likeness (QED) is 0.364. The van der Waals surface area contributed by atoms with Gasteiger partial charge in [-0.15, -0.1) is 0 Å². The van der Waals surface area contributed by atoms with Crippen LogP contribution in [0.4, 0.5) is 4.79 Å². The summed E-state index contributed by atoms with van der Waals surface area (Å²) >= 11 is 0. The van der Waals surface area contributed by atoms with Crippen molar-refractivity contribution in [3.8, 4) is 0 Å². The molecule has 0 aromatic heterocycles. The first-order valence-electron chi connectivity index (χ1n) is 3.22. The van der Waals surface area contributed by atoms with Gasteiger partial charge in [-0.05, 0) is 12.5 Å². The summed E-state index contributed by atoms with van der Waals surface area (Å²) in [7, 11) is 0. The molecule has 60 valence electrons. The van der Waals surface area contributed by atoms with Crippen molar-refractivity contribution in [2.45, 2.75) is 19.1 Å². The lowest BCUT2D eigenvalue weighted by atomic mass is 10.2. The zero-order valence-corrected chi connectivity index (χ0v) is 6.02. The molecule has 11 heavy (non-hydrogen) atoms. The van der Waals surface area contributed by atoms with E-state index in [1.54, 1.807) is 6.92 Å². The van der Waals surface area contributed by atoms with Crippen LogP contribution in [0.15, 0.2) is 5.11 Å². The van der Waals surface area contributed by atoms with Gasteiger partial charge in [0.2, 0.25) is 0 Å². The molecular formula is C5H8N4O2. The summed E-state index contributed by atoms with van der Waals surface area (Å²) in [5, 5.41) is 5.84. The highest BCUT2D eigenvalue weighted by molar-refractivity contribution is 5.70. The Balaban J connectivity index is 2.46. The lowest BCUT2D eigenvalue weighted by Gasteiger charge is -2.07. The third kappa shape index (κ3) is 1.75. The van der Waals surface area contributed by atoms with E-state index in [0.717, 1.165) is 0 Å². The molecule has 0 spiro atoms. The van der Waals surface area contributed by atoms with Gasteiger partial charge in [0.1, 0.15) is 6.10 Å². The number of hydrogen-bond donors (Lipinski definition) is 1. The number of nitrogens with zero attached hydrogens (tertiary/aromatic N) is 3. The minimum atomic E-state index is -0.448. The van der Waals surface area contributed by atoms with E-state index in [1.807, 2.05) is 0 Å². The van der Waals surface area contributed by atoms with Gasteiger partial charge >= 0.3 is 6.09 Å². The largest absolute Gasteiger partial charge is 0.444 e. The zero-order chi connectivity index (χ0) is 8.27. The highest BCUT2D eigenvalue weighted by Crippen LogP contribution is 2.07. The number of azide groups is 1. The van der Waals surface area contributed by atoms with Crippen molar-refractivity contribution < 1.29 is 9.53 Å². The summed E-state index contributed by atoms with van der Waals surface area (Å²) in [6, 6.07) is -0.182. The first-order valence-corrected chi connectivity index (χ1v) is 3.22. The van der Waals surface area contributed by atoms with Gasteiger partial charge in [-0.3, -0.25) is 0 Å². The Kier molecular flexibility index (Phi) is 2.18. The zero-order valence-electron chi connectivity index (χ0n) is 6.02. The Hall–Kier alpha value is -1.42. The van der Waals surface area contributed by atoms with Crippen molar-refractivity contribution in [3.05, 3.63) is 10.4 Å². The molecule has 0 aliphatic carbocycles. The number of ether oxygens (including phenoxy) is 1. The fraction of sp³-hybridized carbons (Fsp3) is 0.800. The van der Waals surface area contributed by atoms with E-state index in [0.29, 0.717) is 0 Å². The van der Waals surface area contributed by atoms with Crippen molar-refractivity contribution >= 4 is 6.09 Å². The molecule has 1 amide bonds. The average molecular weight is 156 g/mol. The molecule has 1 rings (SSSR count). The lowest BCUT2D eigenvalue weighted by Crippen LogP contribution is -2.32. The first-order chi connectivity index (χ1) is 5.24. The van der Waals surface area contributed by atoms with E-state index in [1.165, 1.54) is 0 Å². The maximum absolute atomic E-state index is 10.6. The molecule has 1 aliphatic heterocycles. The van der Waals surface area contributed by atoms with Gasteiger partial charge in [-0.25, -0.2) is 4.79 Å². The van der Waals surface area contributed by atoms with Crippen LogP contribution in [-0.4, -0.2) is 24.8 Å². The third-order valence-corrected chi connectivity index (χ3v) is 1.50. The second-order valence-corrected chi connectivity index (χ2v) is 2.27. The van der Waals surface area contributed by atoms with Gasteiger partial charge in [0.25, 0.3) is 0 Å². The molecule has 1 N–H and O–H groups in total. The van der Waals surface area contributed by atoms with E-state index >= 15 is 0 Å². The number of amides is 1. The normalized spacial score (nSPS) is 28.6. The van der Waals surface area contributed by atoms with Crippen LogP contribution >= 0.6 is 0 Å². The molecule has 0 saturated carbocycles. The van der Waals surface area contributed by atoms with Crippen LogP contribution in [0.2, 0.25) is 0 Å². The number of nitrogens with one attached hydrogen (secondary N) is 1. The van der Waals surface area contributed by atoms with Crippen LogP contribution in [0.3, 0.4) is 0 Å². The number of carbonyl (C=O) groups is 1. The van der Waals surface area contributed by atoms with Crippen molar-refractivity contribution in [3.63, 3.8) is 0 Å². The van der Waals surface area contributed by atoms with Crippen molar-refractivity contribution in [1.29, 1.82) is 0 Å². The predicted octanol–water partition coefficient (Wildman–Crippen LogP) is 0.794. The summed E-state index contributed by atoms with van der Waals surface area (Å²) in [4.78, 5) is 13.1. The predicted molar refractivity (Wildman–Crippen MR) is 36.9 cm³/mol. The monoisotopic (exact) mass is 156 g/mol. The maximum atomic E-state index is 10.6. The standard InChI is InChI=1S/C5H8N4O2/c1-3-4(2-7-9-6)8-5(10)11-3/h3-4H,2H2,1H3,(H,8,10)/t3-,4-/m1/s1. The Morgan fingerprint density at radius 2 is 2.64 bits per heavy atom. The fourth-order valence-electron chi connectivity index (χ4n) is 0.872. The Morgan fingerprint density at radius 1 is 1.91 bits per heavy atom. The van der Waals surface area contributed by atoms with E-state index in [-0.39, 0.29) is 18.7 Å². The molecule has 0 unspecified atom stereocenters. The van der Waals surface area contributed by atoms with Crippen LogP contribution in [0.25, 0.3) is 10.4 Å². The molecule has 0 aromatic rings. The molecule has 6 heteroatoms. The molecule has 1 fully saturated rings. The summed E-state index contributed by atoms with van der Waals surface area (Å²) in [5.41, 5.74) is 7.98. The Morgan fingerprint density at radius 3 is 3.09 bits per heavy atom. The summed E-state index contributed by atoms with van der Waals surface area (Å²) < 4.78 is 4.74. The molecule has 0 radical (unpaired) electrons. The van der Waals surface area contributed by atoms with Crippen LogP contribution in [-0.2, 0) is 4.74 Å². The smallest absolute Gasteiger partial charge is 0.407 e. The second-order valence-electron chi connectivity index (χ2n) is 2.27. The first kappa shape index (κ1) is 7.68. The number of alkyl carbamates (subject to hydrolysis) is 1. The van der Waals surface area contributed by atoms with E-state index < -0.39 is 6.09 Å². The van der Waals surface area contributed by atoms with Crippen LogP contribution < -0.4 is 5.32 Å². The molecule has 6 nitrogen and oxygen atoms in total. The summed E-state index contributed by atoms with van der Waals surface area (Å²) in [5.74, 6) is 0. The lowest BCUT2D eigenvalue weighted by molar-refractivity contribution is 0.142. The molecular weight excluding hydrogens is 148 g/mol. The van der Waals surface area contributed by atoms with Crippen LogP contribution in [0, 0.1) is 0 Å². The molecule has 0 aromatic carbocycles. The van der Waals surface area contributed by atoms with Crippen molar-refractivity contribution in [2.24, 2.45) is 5.11 Å². The van der Waals surface area contributed by atoms with Crippen LogP contribution in [0.1, 0.15) is 6.92 Å². The Bertz CT molecular complexity index is 211. The van der Waals surface area contributed by atoms with Gasteiger partial charge < -0.3 is 10.1 Å². The van der Waals surface area contributed by atoms with Gasteiger partial charge in [-0.1, -0.05) is 5.11 Å². The average Bonchev–Trinajstić information content (AvgIpc) is 2.26. The van der Waals surface area contributed by atoms with Crippen LogP contribution in [0.5, 0.6) is 0 Å². The summed E-state index contributed by atoms with van der Waals surface area (Å²) in [6.45, 7) is 1.98. The molecule has 2 atom stereocenters. The number of cyclic esters (lactones) is 1. The van der Waals surface area contributed by atoms with Gasteiger partial charge in [0.15, 0.2) is 0 Å². The molecule has 1 aliphatic rings. The second kappa shape index (κ2) is 3.12. The summed E-state index contributed by atoms with van der Waals surface area (Å²) in [6.07, 6.45) is -0.663. The maximum Gasteiger partial charge on any atom is 0.407 e.